The van der Waals surface area contributed by atoms with Crippen molar-refractivity contribution < 1.29 is 14.6 Å². The number of carbonyl (C=O) groups is 1. The zero-order chi connectivity index (χ0) is 12.3. The van der Waals surface area contributed by atoms with Gasteiger partial charge in [0.15, 0.2) is 0 Å². The maximum atomic E-state index is 11.7. The number of aliphatic hydroxyl groups excluding tert-OH is 1. The van der Waals surface area contributed by atoms with Crippen LogP contribution in [0.3, 0.4) is 0 Å². The van der Waals surface area contributed by atoms with E-state index in [1.165, 1.54) is 5.56 Å². The normalized spacial score (nSPS) is 20.7. The molecule has 1 aromatic carbocycles. The third-order valence-electron chi connectivity index (χ3n) is 2.88. The number of aliphatic hydroxyl groups is 1. The van der Waals surface area contributed by atoms with Crippen molar-refractivity contribution in [2.24, 2.45) is 0 Å². The molecule has 2 rings (SSSR count). The summed E-state index contributed by atoms with van der Waals surface area (Å²) in [6.07, 6.45) is -0.252. The van der Waals surface area contributed by atoms with E-state index in [1.54, 1.807) is 4.90 Å². The lowest BCUT2D eigenvalue weighted by molar-refractivity contribution is -0.151. The molecule has 1 atom stereocenters. The number of aryl methyl sites for hydroxylation is 1. The van der Waals surface area contributed by atoms with Crippen molar-refractivity contribution in [3.8, 4) is 0 Å². The number of carbonyl (C=O) groups excluding carboxylic acids is 1. The Hall–Kier alpha value is -1.39. The molecule has 1 aromatic rings. The first kappa shape index (κ1) is 12.1. The molecule has 0 spiro atoms. The smallest absolute Gasteiger partial charge is 0.248 e. The second-order valence-electron chi connectivity index (χ2n) is 4.38. The van der Waals surface area contributed by atoms with E-state index in [1.807, 2.05) is 25.1 Å². The maximum absolute atomic E-state index is 11.7. The van der Waals surface area contributed by atoms with Crippen molar-refractivity contribution in [1.29, 1.82) is 0 Å². The average Bonchev–Trinajstić information content (AvgIpc) is 2.32. The van der Waals surface area contributed by atoms with Gasteiger partial charge in [-0.2, -0.15) is 0 Å². The Balaban J connectivity index is 2.04. The SMILES string of the molecule is Cc1cccc(CN2CC(CO)OCC2=O)c1. The van der Waals surface area contributed by atoms with Crippen LogP contribution in [0, 0.1) is 6.92 Å². The summed E-state index contributed by atoms with van der Waals surface area (Å²) in [5.74, 6) is -0.0174. The van der Waals surface area contributed by atoms with Gasteiger partial charge in [0, 0.05) is 13.1 Å². The second-order valence-corrected chi connectivity index (χ2v) is 4.38. The average molecular weight is 235 g/mol. The van der Waals surface area contributed by atoms with E-state index >= 15 is 0 Å². The number of nitrogens with zero attached hydrogens (tertiary/aromatic N) is 1. The number of benzene rings is 1. The third-order valence-corrected chi connectivity index (χ3v) is 2.88. The fourth-order valence-electron chi connectivity index (χ4n) is 1.97. The Morgan fingerprint density at radius 1 is 1.53 bits per heavy atom. The molecule has 1 heterocycles. The van der Waals surface area contributed by atoms with Crippen molar-refractivity contribution in [3.05, 3.63) is 35.4 Å². The molecule has 4 heteroatoms. The zero-order valence-electron chi connectivity index (χ0n) is 9.93. The molecule has 1 unspecified atom stereocenters. The summed E-state index contributed by atoms with van der Waals surface area (Å²) in [4.78, 5) is 13.4. The topological polar surface area (TPSA) is 49.8 Å². The highest BCUT2D eigenvalue weighted by Crippen LogP contribution is 2.12. The van der Waals surface area contributed by atoms with Crippen LogP contribution in [0.15, 0.2) is 24.3 Å². The fraction of sp³-hybridized carbons (Fsp3) is 0.462. The maximum Gasteiger partial charge on any atom is 0.248 e. The summed E-state index contributed by atoms with van der Waals surface area (Å²) in [6, 6.07) is 8.08. The quantitative estimate of drug-likeness (QED) is 0.839. The van der Waals surface area contributed by atoms with Crippen LogP contribution in [0.4, 0.5) is 0 Å². The number of ether oxygens (including phenoxy) is 1. The van der Waals surface area contributed by atoms with Gasteiger partial charge in [-0.25, -0.2) is 0 Å². The van der Waals surface area contributed by atoms with Gasteiger partial charge in [0.05, 0.1) is 12.7 Å². The standard InChI is InChI=1S/C13H17NO3/c1-10-3-2-4-11(5-10)6-14-7-12(8-15)17-9-13(14)16/h2-5,12,15H,6-9H2,1H3. The zero-order valence-corrected chi connectivity index (χ0v) is 9.93. The van der Waals surface area contributed by atoms with Crippen LogP contribution in [-0.4, -0.2) is 41.8 Å². The van der Waals surface area contributed by atoms with E-state index in [-0.39, 0.29) is 25.2 Å². The first-order valence-corrected chi connectivity index (χ1v) is 5.75. The van der Waals surface area contributed by atoms with Gasteiger partial charge in [0.2, 0.25) is 5.91 Å². The Morgan fingerprint density at radius 2 is 2.35 bits per heavy atom. The van der Waals surface area contributed by atoms with Crippen LogP contribution < -0.4 is 0 Å². The fourth-order valence-corrected chi connectivity index (χ4v) is 1.97. The largest absolute Gasteiger partial charge is 0.394 e. The molecule has 0 radical (unpaired) electrons. The molecular formula is C13H17NO3. The van der Waals surface area contributed by atoms with E-state index in [9.17, 15) is 4.79 Å². The molecule has 1 N–H and O–H groups in total. The lowest BCUT2D eigenvalue weighted by Crippen LogP contribution is -2.47. The van der Waals surface area contributed by atoms with Gasteiger partial charge in [-0.05, 0) is 12.5 Å². The van der Waals surface area contributed by atoms with Crippen molar-refractivity contribution in [1.82, 2.24) is 4.90 Å². The minimum Gasteiger partial charge on any atom is -0.394 e. The van der Waals surface area contributed by atoms with E-state index in [0.29, 0.717) is 13.1 Å². The molecule has 0 aliphatic carbocycles. The summed E-state index contributed by atoms with van der Waals surface area (Å²) in [5, 5.41) is 9.04. The van der Waals surface area contributed by atoms with Crippen molar-refractivity contribution in [2.75, 3.05) is 19.8 Å². The van der Waals surface area contributed by atoms with Crippen molar-refractivity contribution >= 4 is 5.91 Å². The van der Waals surface area contributed by atoms with Gasteiger partial charge in [-0.15, -0.1) is 0 Å². The molecule has 0 aromatic heterocycles. The molecule has 4 nitrogen and oxygen atoms in total. The van der Waals surface area contributed by atoms with Crippen LogP contribution in [0.5, 0.6) is 0 Å². The van der Waals surface area contributed by atoms with Gasteiger partial charge >= 0.3 is 0 Å². The summed E-state index contributed by atoms with van der Waals surface area (Å²) in [7, 11) is 0. The van der Waals surface area contributed by atoms with Crippen LogP contribution in [0.2, 0.25) is 0 Å². The number of amides is 1. The highest BCUT2D eigenvalue weighted by Gasteiger charge is 2.25. The highest BCUT2D eigenvalue weighted by molar-refractivity contribution is 5.78. The Bertz CT molecular complexity index is 405. The van der Waals surface area contributed by atoms with Gasteiger partial charge in [-0.3, -0.25) is 4.79 Å². The second kappa shape index (κ2) is 5.29. The number of morpholine rings is 1. The first-order valence-electron chi connectivity index (χ1n) is 5.75. The molecule has 0 bridgehead atoms. The van der Waals surface area contributed by atoms with E-state index in [4.69, 9.17) is 9.84 Å². The number of rotatable bonds is 3. The summed E-state index contributed by atoms with van der Waals surface area (Å²) in [6.45, 7) is 3.10. The molecule has 17 heavy (non-hydrogen) atoms. The Kier molecular flexibility index (Phi) is 3.76. The molecule has 92 valence electrons. The van der Waals surface area contributed by atoms with Crippen molar-refractivity contribution in [2.45, 2.75) is 19.6 Å². The summed E-state index contributed by atoms with van der Waals surface area (Å²) < 4.78 is 5.19. The van der Waals surface area contributed by atoms with E-state index < -0.39 is 0 Å². The van der Waals surface area contributed by atoms with Crippen LogP contribution >= 0.6 is 0 Å². The summed E-state index contributed by atoms with van der Waals surface area (Å²) >= 11 is 0. The molecule has 1 fully saturated rings. The highest BCUT2D eigenvalue weighted by atomic mass is 16.5. The van der Waals surface area contributed by atoms with E-state index in [0.717, 1.165) is 5.56 Å². The lowest BCUT2D eigenvalue weighted by Gasteiger charge is -2.32. The third kappa shape index (κ3) is 3.05. The molecular weight excluding hydrogens is 218 g/mol. The minimum atomic E-state index is -0.252. The van der Waals surface area contributed by atoms with Crippen LogP contribution in [0.1, 0.15) is 11.1 Å². The molecule has 1 aliphatic rings. The van der Waals surface area contributed by atoms with Gasteiger partial charge in [0.25, 0.3) is 0 Å². The van der Waals surface area contributed by atoms with Gasteiger partial charge in [-0.1, -0.05) is 29.8 Å². The van der Waals surface area contributed by atoms with Crippen molar-refractivity contribution in [3.63, 3.8) is 0 Å². The molecule has 0 saturated carbocycles. The van der Waals surface area contributed by atoms with Gasteiger partial charge in [0.1, 0.15) is 6.61 Å². The lowest BCUT2D eigenvalue weighted by atomic mass is 10.1. The molecule has 1 aliphatic heterocycles. The molecule has 1 amide bonds. The van der Waals surface area contributed by atoms with Gasteiger partial charge < -0.3 is 14.7 Å². The summed E-state index contributed by atoms with van der Waals surface area (Å²) in [5.41, 5.74) is 2.29. The number of hydrogen-bond acceptors (Lipinski definition) is 3. The van der Waals surface area contributed by atoms with Crippen LogP contribution in [0.25, 0.3) is 0 Å². The Morgan fingerprint density at radius 3 is 3.06 bits per heavy atom. The van der Waals surface area contributed by atoms with E-state index in [2.05, 4.69) is 6.07 Å². The first-order chi connectivity index (χ1) is 8.19. The molecule has 1 saturated heterocycles. The predicted octanol–water partition coefficient (Wildman–Crippen LogP) is 0.715. The monoisotopic (exact) mass is 235 g/mol. The minimum absolute atomic E-state index is 0.0174. The number of hydrogen-bond donors (Lipinski definition) is 1. The Labute approximate surface area is 101 Å². The van der Waals surface area contributed by atoms with Crippen LogP contribution in [-0.2, 0) is 16.1 Å². The predicted molar refractivity (Wildman–Crippen MR) is 63.4 cm³/mol.